The van der Waals surface area contributed by atoms with Gasteiger partial charge in [-0.15, -0.1) is 0 Å². The average molecular weight is 519 g/mol. The Labute approximate surface area is 193 Å². The molecule has 0 aliphatic carbocycles. The SMILES string of the molecule is Cc1ccc(NC(=O)C(=O)N/N=C/c2ccc(CNS(=O)(=O)c3ccc(Br)cc3)o2)cc1. The molecule has 9 nitrogen and oxygen atoms in total. The fourth-order valence-corrected chi connectivity index (χ4v) is 3.71. The summed E-state index contributed by atoms with van der Waals surface area (Å²) in [6.45, 7) is 1.84. The van der Waals surface area contributed by atoms with Gasteiger partial charge < -0.3 is 9.73 Å². The van der Waals surface area contributed by atoms with Crippen LogP contribution in [0.4, 0.5) is 5.69 Å². The van der Waals surface area contributed by atoms with Crippen molar-refractivity contribution in [3.8, 4) is 0 Å². The van der Waals surface area contributed by atoms with Crippen molar-refractivity contribution in [3.05, 3.63) is 82.2 Å². The number of anilines is 1. The van der Waals surface area contributed by atoms with Crippen molar-refractivity contribution in [2.75, 3.05) is 5.32 Å². The first-order valence-corrected chi connectivity index (χ1v) is 11.6. The third-order valence-electron chi connectivity index (χ3n) is 4.12. The molecule has 0 unspecified atom stereocenters. The van der Waals surface area contributed by atoms with Gasteiger partial charge in [0.15, 0.2) is 0 Å². The Balaban J connectivity index is 1.49. The monoisotopic (exact) mass is 518 g/mol. The molecule has 0 aliphatic rings. The topological polar surface area (TPSA) is 130 Å². The Morgan fingerprint density at radius 1 is 1.00 bits per heavy atom. The van der Waals surface area contributed by atoms with E-state index in [0.717, 1.165) is 10.0 Å². The predicted octanol–water partition coefficient (Wildman–Crippen LogP) is 2.92. The molecule has 0 atom stereocenters. The van der Waals surface area contributed by atoms with Crippen LogP contribution in [0.2, 0.25) is 0 Å². The Kier molecular flexibility index (Phi) is 7.57. The number of aryl methyl sites for hydroxylation is 1. The highest BCUT2D eigenvalue weighted by Gasteiger charge is 2.15. The van der Waals surface area contributed by atoms with Gasteiger partial charge in [0.05, 0.1) is 17.7 Å². The highest BCUT2D eigenvalue weighted by molar-refractivity contribution is 9.10. The summed E-state index contributed by atoms with van der Waals surface area (Å²) in [5.41, 5.74) is 3.61. The molecule has 0 aliphatic heterocycles. The maximum absolute atomic E-state index is 12.3. The predicted molar refractivity (Wildman–Crippen MR) is 122 cm³/mol. The highest BCUT2D eigenvalue weighted by Crippen LogP contribution is 2.15. The molecule has 3 N–H and O–H groups in total. The number of hydrogen-bond acceptors (Lipinski definition) is 6. The van der Waals surface area contributed by atoms with Crippen molar-refractivity contribution >= 4 is 49.7 Å². The summed E-state index contributed by atoms with van der Waals surface area (Å²) < 4.78 is 33.3. The molecule has 11 heteroatoms. The lowest BCUT2D eigenvalue weighted by molar-refractivity contribution is -0.136. The zero-order chi connectivity index (χ0) is 23.1. The Bertz CT molecular complexity index is 1240. The third-order valence-corrected chi connectivity index (χ3v) is 6.06. The minimum absolute atomic E-state index is 0.0719. The zero-order valence-electron chi connectivity index (χ0n) is 16.8. The van der Waals surface area contributed by atoms with Gasteiger partial charge >= 0.3 is 11.8 Å². The van der Waals surface area contributed by atoms with Crippen molar-refractivity contribution in [1.82, 2.24) is 10.1 Å². The standard InChI is InChI=1S/C21H19BrN4O5S/c1-14-2-6-16(7-3-14)25-20(27)21(28)26-23-12-17-8-9-18(31-17)13-24-32(29,30)19-10-4-15(22)5-11-19/h2-12,24H,13H2,1H3,(H,25,27)(H,26,28)/b23-12+. The molecule has 0 bridgehead atoms. The van der Waals surface area contributed by atoms with Gasteiger partial charge in [-0.3, -0.25) is 9.59 Å². The van der Waals surface area contributed by atoms with Gasteiger partial charge in [-0.1, -0.05) is 33.6 Å². The summed E-state index contributed by atoms with van der Waals surface area (Å²) in [6.07, 6.45) is 1.20. The van der Waals surface area contributed by atoms with E-state index in [0.29, 0.717) is 11.4 Å². The van der Waals surface area contributed by atoms with Crippen molar-refractivity contribution in [2.24, 2.45) is 5.10 Å². The van der Waals surface area contributed by atoms with Gasteiger partial charge in [-0.2, -0.15) is 5.10 Å². The smallest absolute Gasteiger partial charge is 0.329 e. The normalized spacial score (nSPS) is 11.4. The number of nitrogens with zero attached hydrogens (tertiary/aromatic N) is 1. The maximum Gasteiger partial charge on any atom is 0.329 e. The van der Waals surface area contributed by atoms with Gasteiger partial charge in [-0.25, -0.2) is 18.6 Å². The second-order valence-corrected chi connectivity index (χ2v) is 9.28. The van der Waals surface area contributed by atoms with Gasteiger partial charge in [0, 0.05) is 10.2 Å². The van der Waals surface area contributed by atoms with Gasteiger partial charge in [0.25, 0.3) is 0 Å². The largest absolute Gasteiger partial charge is 0.459 e. The summed E-state index contributed by atoms with van der Waals surface area (Å²) in [6, 6.07) is 16.3. The molecular formula is C21H19BrN4O5S. The minimum atomic E-state index is -3.70. The molecule has 2 amide bonds. The lowest BCUT2D eigenvalue weighted by Crippen LogP contribution is -2.32. The number of carbonyl (C=O) groups excluding carboxylic acids is 2. The van der Waals surface area contributed by atoms with Crippen LogP contribution in [-0.2, 0) is 26.2 Å². The Hall–Kier alpha value is -3.28. The minimum Gasteiger partial charge on any atom is -0.459 e. The van der Waals surface area contributed by atoms with Crippen LogP contribution in [-0.4, -0.2) is 26.4 Å². The van der Waals surface area contributed by atoms with E-state index in [1.165, 1.54) is 18.3 Å². The zero-order valence-corrected chi connectivity index (χ0v) is 19.2. The number of rotatable bonds is 7. The van der Waals surface area contributed by atoms with E-state index in [-0.39, 0.29) is 17.2 Å². The molecule has 3 rings (SSSR count). The summed E-state index contributed by atoms with van der Waals surface area (Å²) in [5.74, 6) is -1.21. The van der Waals surface area contributed by atoms with Crippen LogP contribution in [0, 0.1) is 6.92 Å². The van der Waals surface area contributed by atoms with Crippen molar-refractivity contribution in [2.45, 2.75) is 18.4 Å². The van der Waals surface area contributed by atoms with Crippen molar-refractivity contribution < 1.29 is 22.4 Å². The third kappa shape index (κ3) is 6.61. The van der Waals surface area contributed by atoms with E-state index in [1.807, 2.05) is 6.92 Å². The number of carbonyl (C=O) groups is 2. The van der Waals surface area contributed by atoms with Gasteiger partial charge in [0.1, 0.15) is 11.5 Å². The van der Waals surface area contributed by atoms with E-state index >= 15 is 0 Å². The molecule has 0 radical (unpaired) electrons. The number of sulfonamides is 1. The fourth-order valence-electron chi connectivity index (χ4n) is 2.45. The van der Waals surface area contributed by atoms with Crippen molar-refractivity contribution in [1.29, 1.82) is 0 Å². The average Bonchev–Trinajstić information content (AvgIpc) is 3.22. The van der Waals surface area contributed by atoms with Crippen LogP contribution in [0.25, 0.3) is 0 Å². The van der Waals surface area contributed by atoms with Crippen molar-refractivity contribution in [3.63, 3.8) is 0 Å². The number of halogens is 1. The Morgan fingerprint density at radius 2 is 1.69 bits per heavy atom. The van der Waals surface area contributed by atoms with Gasteiger partial charge in [-0.05, 0) is 55.5 Å². The van der Waals surface area contributed by atoms with Gasteiger partial charge in [0.2, 0.25) is 10.0 Å². The molecule has 32 heavy (non-hydrogen) atoms. The van der Waals surface area contributed by atoms with E-state index in [9.17, 15) is 18.0 Å². The number of hydrogen-bond donors (Lipinski definition) is 3. The molecule has 0 saturated heterocycles. The van der Waals surface area contributed by atoms with E-state index in [1.54, 1.807) is 48.5 Å². The molecule has 0 saturated carbocycles. The molecular weight excluding hydrogens is 500 g/mol. The van der Waals surface area contributed by atoms with Crippen LogP contribution in [0.5, 0.6) is 0 Å². The number of hydrazone groups is 1. The van der Waals surface area contributed by atoms with E-state index in [4.69, 9.17) is 4.42 Å². The summed E-state index contributed by atoms with van der Waals surface area (Å²) in [5, 5.41) is 6.13. The van der Waals surface area contributed by atoms with Crippen LogP contribution in [0.15, 0.2) is 79.6 Å². The summed E-state index contributed by atoms with van der Waals surface area (Å²) in [4.78, 5) is 23.8. The molecule has 3 aromatic rings. The quantitative estimate of drug-likeness (QED) is 0.251. The molecule has 1 aromatic heterocycles. The Morgan fingerprint density at radius 3 is 2.38 bits per heavy atom. The van der Waals surface area contributed by atoms with E-state index in [2.05, 4.69) is 36.5 Å². The summed E-state index contributed by atoms with van der Waals surface area (Å²) >= 11 is 3.25. The second kappa shape index (κ2) is 10.4. The number of amides is 2. The number of nitrogens with one attached hydrogen (secondary N) is 3. The summed E-state index contributed by atoms with van der Waals surface area (Å²) in [7, 11) is -3.70. The van der Waals surface area contributed by atoms with Crippen LogP contribution in [0.1, 0.15) is 17.1 Å². The second-order valence-electron chi connectivity index (χ2n) is 6.60. The number of benzene rings is 2. The lowest BCUT2D eigenvalue weighted by atomic mass is 10.2. The van der Waals surface area contributed by atoms with Crippen LogP contribution >= 0.6 is 15.9 Å². The first-order valence-electron chi connectivity index (χ1n) is 9.28. The molecule has 0 fully saturated rings. The maximum atomic E-state index is 12.3. The lowest BCUT2D eigenvalue weighted by Gasteiger charge is -2.05. The molecule has 1 heterocycles. The highest BCUT2D eigenvalue weighted by atomic mass is 79.9. The first kappa shape index (κ1) is 23.4. The van der Waals surface area contributed by atoms with Crippen LogP contribution < -0.4 is 15.5 Å². The first-order chi connectivity index (χ1) is 15.2. The molecule has 0 spiro atoms. The van der Waals surface area contributed by atoms with E-state index < -0.39 is 21.8 Å². The molecule has 2 aromatic carbocycles. The number of furan rings is 1. The fraction of sp³-hybridized carbons (Fsp3) is 0.0952. The van der Waals surface area contributed by atoms with Crippen LogP contribution in [0.3, 0.4) is 0 Å². The molecule has 166 valence electrons.